The van der Waals surface area contributed by atoms with Crippen LogP contribution in [-0.2, 0) is 33.3 Å². The lowest BCUT2D eigenvalue weighted by molar-refractivity contribution is -0.120. The number of ether oxygens (including phenoxy) is 1. The van der Waals surface area contributed by atoms with Crippen molar-refractivity contribution in [3.63, 3.8) is 0 Å². The number of para-hydroxylation sites is 1. The smallest absolute Gasteiger partial charge is 0.322 e. The summed E-state index contributed by atoms with van der Waals surface area (Å²) >= 11 is 0. The minimum Gasteiger partial charge on any atom is -0.479 e. The Bertz CT molecular complexity index is 1530. The van der Waals surface area contributed by atoms with Crippen molar-refractivity contribution in [3.8, 4) is 5.75 Å². The molecule has 5 rings (SSSR count). The lowest BCUT2D eigenvalue weighted by atomic mass is 9.87. The largest absolute Gasteiger partial charge is 0.479 e. The van der Waals surface area contributed by atoms with Crippen molar-refractivity contribution >= 4 is 39.0 Å². The normalized spacial score (nSPS) is 15.0. The highest BCUT2D eigenvalue weighted by Gasteiger charge is 2.29. The summed E-state index contributed by atoms with van der Waals surface area (Å²) in [7, 11) is -2.34. The van der Waals surface area contributed by atoms with E-state index >= 15 is 0 Å². The van der Waals surface area contributed by atoms with Gasteiger partial charge in [-0.2, -0.15) is 0 Å². The van der Waals surface area contributed by atoms with Gasteiger partial charge in [-0.1, -0.05) is 45.0 Å². The minimum atomic E-state index is -3.95. The van der Waals surface area contributed by atoms with Crippen LogP contribution in [-0.4, -0.2) is 38.9 Å². The van der Waals surface area contributed by atoms with E-state index in [1.54, 1.807) is 42.3 Å². The number of benzene rings is 3. The first-order chi connectivity index (χ1) is 17.9. The highest BCUT2D eigenvalue weighted by atomic mass is 32.2. The van der Waals surface area contributed by atoms with E-state index in [4.69, 9.17) is 4.74 Å². The van der Waals surface area contributed by atoms with Crippen LogP contribution >= 0.6 is 0 Å². The van der Waals surface area contributed by atoms with Gasteiger partial charge in [0.05, 0.1) is 16.3 Å². The van der Waals surface area contributed by atoms with E-state index < -0.39 is 10.0 Å². The summed E-state index contributed by atoms with van der Waals surface area (Å²) in [5.41, 5.74) is 4.30. The summed E-state index contributed by atoms with van der Waals surface area (Å²) in [6.07, 6.45) is 0. The maximum absolute atomic E-state index is 13.2. The molecule has 2 aliphatic rings. The molecule has 38 heavy (non-hydrogen) atoms. The Morgan fingerprint density at radius 1 is 0.974 bits per heavy atom. The van der Waals surface area contributed by atoms with E-state index in [9.17, 15) is 18.0 Å². The summed E-state index contributed by atoms with van der Waals surface area (Å²) in [5.74, 6) is 0.0874. The van der Waals surface area contributed by atoms with Crippen LogP contribution < -0.4 is 19.7 Å². The molecular weight excluding hydrogens is 504 g/mol. The van der Waals surface area contributed by atoms with Crippen molar-refractivity contribution in [1.82, 2.24) is 4.90 Å². The summed E-state index contributed by atoms with van der Waals surface area (Å²) < 4.78 is 34.6. The third kappa shape index (κ3) is 4.91. The fourth-order valence-corrected chi connectivity index (χ4v) is 5.64. The average molecular weight is 535 g/mol. The second kappa shape index (κ2) is 9.36. The Labute approximate surface area is 222 Å². The van der Waals surface area contributed by atoms with Gasteiger partial charge >= 0.3 is 6.03 Å². The molecule has 3 amide bonds. The zero-order chi connectivity index (χ0) is 27.2. The number of hydrogen-bond acceptors (Lipinski definition) is 5. The Morgan fingerprint density at radius 3 is 2.39 bits per heavy atom. The van der Waals surface area contributed by atoms with Crippen molar-refractivity contribution in [2.75, 3.05) is 28.6 Å². The van der Waals surface area contributed by atoms with Gasteiger partial charge in [0.1, 0.15) is 0 Å². The summed E-state index contributed by atoms with van der Waals surface area (Å²) in [4.78, 5) is 28.0. The van der Waals surface area contributed by atoms with Crippen molar-refractivity contribution in [1.29, 1.82) is 0 Å². The van der Waals surface area contributed by atoms with Gasteiger partial charge in [-0.3, -0.25) is 9.52 Å². The SMILES string of the molecule is CN1C(=O)COc2c(NS(=O)(=O)c3ccc4c(c3)CN(C(=O)Nc3ccc(C(C)(C)C)cc3)C4)cccc21. The maximum atomic E-state index is 13.2. The first kappa shape index (κ1) is 25.6. The summed E-state index contributed by atoms with van der Waals surface area (Å²) in [6.45, 7) is 6.91. The number of fused-ring (bicyclic) bond motifs is 2. The molecule has 2 N–H and O–H groups in total. The van der Waals surface area contributed by atoms with Crippen LogP contribution in [0.5, 0.6) is 5.75 Å². The Hall–Kier alpha value is -4.05. The molecule has 3 aromatic rings. The summed E-state index contributed by atoms with van der Waals surface area (Å²) in [5, 5.41) is 2.93. The zero-order valence-electron chi connectivity index (χ0n) is 21.7. The first-order valence-corrected chi connectivity index (χ1v) is 13.7. The molecule has 0 radical (unpaired) electrons. The molecule has 0 bridgehead atoms. The number of carbonyl (C=O) groups is 2. The van der Waals surface area contributed by atoms with Crippen LogP contribution in [0.3, 0.4) is 0 Å². The standard InChI is InChI=1S/C28H30N4O5S/c1-28(2,3)20-9-11-21(12-10-20)29-27(34)32-15-18-8-13-22(14-19(18)16-32)38(35,36)30-23-6-5-7-24-26(23)37-17-25(33)31(24)4/h5-14,30H,15-17H2,1-4H3,(H,29,34). The number of sulfonamides is 1. The van der Waals surface area contributed by atoms with Crippen molar-refractivity contribution in [2.45, 2.75) is 44.2 Å². The van der Waals surface area contributed by atoms with Gasteiger partial charge in [0.2, 0.25) is 0 Å². The molecule has 0 aromatic heterocycles. The van der Waals surface area contributed by atoms with Gasteiger partial charge in [0, 0.05) is 25.8 Å². The molecule has 2 aliphatic heterocycles. The lowest BCUT2D eigenvalue weighted by Crippen LogP contribution is -2.35. The highest BCUT2D eigenvalue weighted by Crippen LogP contribution is 2.39. The van der Waals surface area contributed by atoms with Crippen LogP contribution in [0.2, 0.25) is 0 Å². The van der Waals surface area contributed by atoms with Gasteiger partial charge in [0.15, 0.2) is 12.4 Å². The van der Waals surface area contributed by atoms with Gasteiger partial charge in [0.25, 0.3) is 15.9 Å². The van der Waals surface area contributed by atoms with Crippen molar-refractivity contribution < 1.29 is 22.7 Å². The molecular formula is C28H30N4O5S. The van der Waals surface area contributed by atoms with Gasteiger partial charge in [-0.25, -0.2) is 13.2 Å². The predicted molar refractivity (Wildman–Crippen MR) is 146 cm³/mol. The second-order valence-electron chi connectivity index (χ2n) is 10.5. The van der Waals surface area contributed by atoms with Crippen LogP contribution in [0.4, 0.5) is 21.9 Å². The molecule has 0 saturated carbocycles. The number of likely N-dealkylation sites (N-methyl/N-ethyl adjacent to an activating group) is 1. The van der Waals surface area contributed by atoms with Crippen LogP contribution in [0.15, 0.2) is 65.6 Å². The Balaban J connectivity index is 1.29. The highest BCUT2D eigenvalue weighted by molar-refractivity contribution is 7.92. The molecule has 2 heterocycles. The molecule has 0 fully saturated rings. The molecule has 198 valence electrons. The zero-order valence-corrected chi connectivity index (χ0v) is 22.6. The van der Waals surface area contributed by atoms with E-state index in [0.29, 0.717) is 30.2 Å². The Kier molecular flexibility index (Phi) is 6.30. The number of urea groups is 1. The number of anilines is 3. The summed E-state index contributed by atoms with van der Waals surface area (Å²) in [6, 6.07) is 17.3. The number of hydrogen-bond donors (Lipinski definition) is 2. The number of rotatable bonds is 4. The topological polar surface area (TPSA) is 108 Å². The fourth-order valence-electron chi connectivity index (χ4n) is 4.53. The average Bonchev–Trinajstić information content (AvgIpc) is 3.30. The number of carbonyl (C=O) groups excluding carboxylic acids is 2. The lowest BCUT2D eigenvalue weighted by Gasteiger charge is -2.27. The first-order valence-electron chi connectivity index (χ1n) is 12.3. The molecule has 0 aliphatic carbocycles. The third-order valence-electron chi connectivity index (χ3n) is 6.81. The van der Waals surface area contributed by atoms with E-state index in [2.05, 4.69) is 30.8 Å². The number of nitrogens with one attached hydrogen (secondary N) is 2. The molecule has 0 atom stereocenters. The van der Waals surface area contributed by atoms with Gasteiger partial charge in [-0.05, 0) is 58.5 Å². The van der Waals surface area contributed by atoms with E-state index in [1.807, 2.05) is 24.3 Å². The maximum Gasteiger partial charge on any atom is 0.322 e. The molecule has 9 nitrogen and oxygen atoms in total. The van der Waals surface area contributed by atoms with Crippen LogP contribution in [0.1, 0.15) is 37.5 Å². The van der Waals surface area contributed by atoms with Crippen molar-refractivity contribution in [2.24, 2.45) is 0 Å². The fraction of sp³-hybridized carbons (Fsp3) is 0.286. The molecule has 0 spiro atoms. The van der Waals surface area contributed by atoms with E-state index in [1.165, 1.54) is 16.5 Å². The molecule has 0 unspecified atom stereocenters. The predicted octanol–water partition coefficient (Wildman–Crippen LogP) is 4.69. The minimum absolute atomic E-state index is 0.0221. The van der Waals surface area contributed by atoms with E-state index in [-0.39, 0.29) is 34.5 Å². The Morgan fingerprint density at radius 2 is 1.68 bits per heavy atom. The van der Waals surface area contributed by atoms with Crippen LogP contribution in [0, 0.1) is 0 Å². The molecule has 3 aromatic carbocycles. The molecule has 10 heteroatoms. The van der Waals surface area contributed by atoms with Gasteiger partial charge < -0.3 is 19.9 Å². The number of nitrogens with zero attached hydrogens (tertiary/aromatic N) is 2. The van der Waals surface area contributed by atoms with E-state index in [0.717, 1.165) is 11.1 Å². The quantitative estimate of drug-likeness (QED) is 0.505. The second-order valence-corrected chi connectivity index (χ2v) is 12.2. The monoisotopic (exact) mass is 534 g/mol. The third-order valence-corrected chi connectivity index (χ3v) is 8.18. The van der Waals surface area contributed by atoms with Crippen LogP contribution in [0.25, 0.3) is 0 Å². The van der Waals surface area contributed by atoms with Gasteiger partial charge in [-0.15, -0.1) is 0 Å². The molecule has 0 saturated heterocycles. The van der Waals surface area contributed by atoms with Crippen molar-refractivity contribution in [3.05, 3.63) is 77.4 Å². The number of amides is 3.